The molecule has 1 heteroatoms. The average molecular weight is 248 g/mol. The van der Waals surface area contributed by atoms with Crippen LogP contribution in [0.4, 0.5) is 0 Å². The summed E-state index contributed by atoms with van der Waals surface area (Å²) >= 11 is 0. The number of methoxy groups -OCH3 is 1. The van der Waals surface area contributed by atoms with Gasteiger partial charge in [-0.2, -0.15) is 0 Å². The van der Waals surface area contributed by atoms with Crippen LogP contribution < -0.4 is 4.74 Å². The van der Waals surface area contributed by atoms with E-state index in [2.05, 4.69) is 43.2 Å². The maximum Gasteiger partial charge on any atom is 0.120 e. The van der Waals surface area contributed by atoms with Gasteiger partial charge in [-0.3, -0.25) is 0 Å². The second-order valence-corrected chi connectivity index (χ2v) is 4.34. The molecule has 1 nitrogen and oxygen atoms in total. The van der Waals surface area contributed by atoms with E-state index in [4.69, 9.17) is 11.2 Å². The van der Waals surface area contributed by atoms with Gasteiger partial charge in [0.25, 0.3) is 0 Å². The Balaban J connectivity index is 2.28. The summed E-state index contributed by atoms with van der Waals surface area (Å²) in [6.45, 7) is 2.08. The highest BCUT2D eigenvalue weighted by molar-refractivity contribution is 5.73. The lowest BCUT2D eigenvalue weighted by atomic mass is 10.1. The molecular weight excluding hydrogens is 232 g/mol. The van der Waals surface area contributed by atoms with Gasteiger partial charge in [0.15, 0.2) is 0 Å². The van der Waals surface area contributed by atoms with Crippen molar-refractivity contribution in [2.24, 2.45) is 0 Å². The van der Waals surface area contributed by atoms with Crippen molar-refractivity contribution in [2.75, 3.05) is 7.11 Å². The first-order valence-electron chi connectivity index (χ1n) is 6.12. The lowest BCUT2D eigenvalue weighted by Crippen LogP contribution is -1.87. The maximum absolute atomic E-state index is 5.52. The van der Waals surface area contributed by atoms with Crippen molar-refractivity contribution >= 4 is 12.2 Å². The summed E-state index contributed by atoms with van der Waals surface area (Å²) in [5, 5.41) is 0. The van der Waals surface area contributed by atoms with E-state index in [1.807, 2.05) is 24.3 Å². The third kappa shape index (κ3) is 3.26. The molecule has 2 rings (SSSR count). The quantitative estimate of drug-likeness (QED) is 0.585. The van der Waals surface area contributed by atoms with Crippen molar-refractivity contribution in [2.45, 2.75) is 6.92 Å². The minimum Gasteiger partial charge on any atom is -0.497 e. The van der Waals surface area contributed by atoms with Gasteiger partial charge in [-0.15, -0.1) is 6.42 Å². The molecule has 0 bridgehead atoms. The Kier molecular flexibility index (Phi) is 4.05. The monoisotopic (exact) mass is 248 g/mol. The van der Waals surface area contributed by atoms with Crippen LogP contribution in [-0.4, -0.2) is 7.11 Å². The number of hydrogen-bond donors (Lipinski definition) is 0. The van der Waals surface area contributed by atoms with Crippen LogP contribution in [0, 0.1) is 19.3 Å². The van der Waals surface area contributed by atoms with Crippen molar-refractivity contribution in [3.05, 3.63) is 64.7 Å². The third-order valence-corrected chi connectivity index (χ3v) is 2.95. The summed E-state index contributed by atoms with van der Waals surface area (Å²) < 4.78 is 5.17. The van der Waals surface area contributed by atoms with Gasteiger partial charge in [0.1, 0.15) is 5.75 Å². The lowest BCUT2D eigenvalue weighted by molar-refractivity contribution is 0.414. The fraction of sp³-hybridized carbons (Fsp3) is 0.111. The van der Waals surface area contributed by atoms with E-state index in [1.54, 1.807) is 7.11 Å². The minimum absolute atomic E-state index is 0.778. The van der Waals surface area contributed by atoms with E-state index in [0.717, 1.165) is 22.4 Å². The Hall–Kier alpha value is -2.46. The number of aryl methyl sites for hydroxylation is 1. The molecule has 0 saturated heterocycles. The van der Waals surface area contributed by atoms with Crippen LogP contribution in [0.1, 0.15) is 22.3 Å². The Bertz CT molecular complexity index is 628. The molecule has 0 aliphatic heterocycles. The van der Waals surface area contributed by atoms with Gasteiger partial charge in [-0.25, -0.2) is 0 Å². The van der Waals surface area contributed by atoms with Gasteiger partial charge in [0.05, 0.1) is 7.11 Å². The molecule has 0 amide bonds. The molecule has 0 aliphatic rings. The lowest BCUT2D eigenvalue weighted by Gasteiger charge is -2.03. The zero-order valence-corrected chi connectivity index (χ0v) is 11.2. The van der Waals surface area contributed by atoms with Crippen LogP contribution in [-0.2, 0) is 0 Å². The SMILES string of the molecule is C#Cc1cc(OC)ccc1/C=C/c1ccc(C)cc1. The number of terminal acetylenes is 1. The highest BCUT2D eigenvalue weighted by atomic mass is 16.5. The van der Waals surface area contributed by atoms with E-state index in [1.165, 1.54) is 5.56 Å². The molecule has 0 atom stereocenters. The van der Waals surface area contributed by atoms with E-state index < -0.39 is 0 Å². The van der Waals surface area contributed by atoms with Crippen molar-refractivity contribution < 1.29 is 4.74 Å². The van der Waals surface area contributed by atoms with Gasteiger partial charge < -0.3 is 4.74 Å². The standard InChI is InChI=1S/C18H16O/c1-4-16-13-18(19-3)12-11-17(16)10-9-15-7-5-14(2)6-8-15/h1,5-13H,2-3H3/b10-9+. The zero-order valence-electron chi connectivity index (χ0n) is 11.2. The Morgan fingerprint density at radius 3 is 2.42 bits per heavy atom. The molecule has 94 valence electrons. The molecule has 19 heavy (non-hydrogen) atoms. The topological polar surface area (TPSA) is 9.23 Å². The minimum atomic E-state index is 0.778. The van der Waals surface area contributed by atoms with E-state index in [0.29, 0.717) is 0 Å². The molecule has 0 unspecified atom stereocenters. The van der Waals surface area contributed by atoms with E-state index in [-0.39, 0.29) is 0 Å². The molecule has 2 aromatic rings. The molecule has 0 fully saturated rings. The van der Waals surface area contributed by atoms with Crippen LogP contribution in [0.25, 0.3) is 12.2 Å². The van der Waals surface area contributed by atoms with Crippen LogP contribution in [0.2, 0.25) is 0 Å². The van der Waals surface area contributed by atoms with Gasteiger partial charge >= 0.3 is 0 Å². The third-order valence-electron chi connectivity index (χ3n) is 2.95. The zero-order chi connectivity index (χ0) is 13.7. The fourth-order valence-electron chi connectivity index (χ4n) is 1.80. The Morgan fingerprint density at radius 2 is 1.79 bits per heavy atom. The predicted octanol–water partition coefficient (Wildman–Crippen LogP) is 4.16. The number of ether oxygens (including phenoxy) is 1. The highest BCUT2D eigenvalue weighted by Crippen LogP contribution is 2.19. The molecule has 0 aromatic heterocycles. The van der Waals surface area contributed by atoms with Gasteiger partial charge in [-0.1, -0.05) is 54.0 Å². The molecule has 0 aliphatic carbocycles. The van der Waals surface area contributed by atoms with Crippen LogP contribution >= 0.6 is 0 Å². The van der Waals surface area contributed by atoms with Crippen LogP contribution in [0.15, 0.2) is 42.5 Å². The molecule has 2 aromatic carbocycles. The van der Waals surface area contributed by atoms with Gasteiger partial charge in [0.2, 0.25) is 0 Å². The molecule has 0 heterocycles. The number of benzene rings is 2. The Morgan fingerprint density at radius 1 is 1.05 bits per heavy atom. The summed E-state index contributed by atoms with van der Waals surface area (Å²) in [6, 6.07) is 14.1. The fourth-order valence-corrected chi connectivity index (χ4v) is 1.80. The summed E-state index contributed by atoms with van der Waals surface area (Å²) in [5.74, 6) is 3.46. The average Bonchev–Trinajstić information content (AvgIpc) is 2.46. The summed E-state index contributed by atoms with van der Waals surface area (Å²) in [4.78, 5) is 0. The molecular formula is C18H16O. The van der Waals surface area contributed by atoms with Crippen LogP contribution in [0.3, 0.4) is 0 Å². The van der Waals surface area contributed by atoms with Crippen molar-refractivity contribution in [1.29, 1.82) is 0 Å². The molecule has 0 N–H and O–H groups in total. The summed E-state index contributed by atoms with van der Waals surface area (Å²) in [7, 11) is 1.64. The normalized spacial score (nSPS) is 10.4. The maximum atomic E-state index is 5.52. The second-order valence-electron chi connectivity index (χ2n) is 4.34. The number of rotatable bonds is 3. The largest absolute Gasteiger partial charge is 0.497 e. The smallest absolute Gasteiger partial charge is 0.120 e. The Labute approximate surface area is 114 Å². The van der Waals surface area contributed by atoms with Crippen molar-refractivity contribution in [3.63, 3.8) is 0 Å². The summed E-state index contributed by atoms with van der Waals surface area (Å²) in [6.07, 6.45) is 9.61. The molecule has 0 spiro atoms. The second kappa shape index (κ2) is 5.93. The van der Waals surface area contributed by atoms with Crippen LogP contribution in [0.5, 0.6) is 5.75 Å². The van der Waals surface area contributed by atoms with Crippen molar-refractivity contribution in [1.82, 2.24) is 0 Å². The predicted molar refractivity (Wildman–Crippen MR) is 81.0 cm³/mol. The highest BCUT2D eigenvalue weighted by Gasteiger charge is 1.99. The molecule has 0 radical (unpaired) electrons. The molecule has 0 saturated carbocycles. The van der Waals surface area contributed by atoms with Gasteiger partial charge in [0, 0.05) is 5.56 Å². The first-order chi connectivity index (χ1) is 9.22. The number of hydrogen-bond acceptors (Lipinski definition) is 1. The first-order valence-corrected chi connectivity index (χ1v) is 6.12. The van der Waals surface area contributed by atoms with E-state index >= 15 is 0 Å². The first kappa shape index (κ1) is 13.0. The summed E-state index contributed by atoms with van der Waals surface area (Å²) in [5.41, 5.74) is 4.27. The van der Waals surface area contributed by atoms with Crippen molar-refractivity contribution in [3.8, 4) is 18.1 Å². The van der Waals surface area contributed by atoms with Gasteiger partial charge in [-0.05, 0) is 30.2 Å². The van der Waals surface area contributed by atoms with E-state index in [9.17, 15) is 0 Å².